The lowest BCUT2D eigenvalue weighted by Gasteiger charge is -2.33. The van der Waals surface area contributed by atoms with E-state index in [-0.39, 0.29) is 25.2 Å². The molecule has 1 aromatic carbocycles. The van der Waals surface area contributed by atoms with Crippen LogP contribution >= 0.6 is 0 Å². The molecule has 3 N–H and O–H groups in total. The van der Waals surface area contributed by atoms with E-state index in [0.717, 1.165) is 42.5 Å². The number of benzene rings is 1. The van der Waals surface area contributed by atoms with E-state index >= 15 is 0 Å². The Bertz CT molecular complexity index is 949. The molecule has 1 saturated heterocycles. The lowest BCUT2D eigenvalue weighted by Crippen LogP contribution is -2.44. The first-order chi connectivity index (χ1) is 15.5. The Labute approximate surface area is 188 Å². The summed E-state index contributed by atoms with van der Waals surface area (Å²) in [7, 11) is 0. The molecule has 1 fully saturated rings. The summed E-state index contributed by atoms with van der Waals surface area (Å²) in [5.74, 6) is 0.755. The summed E-state index contributed by atoms with van der Waals surface area (Å²) in [5, 5.41) is 14.2. The Morgan fingerprint density at radius 3 is 2.72 bits per heavy atom. The van der Waals surface area contributed by atoms with Gasteiger partial charge in [-0.05, 0) is 32.9 Å². The molecule has 9 heteroatoms. The quantitative estimate of drug-likeness (QED) is 0.633. The summed E-state index contributed by atoms with van der Waals surface area (Å²) >= 11 is 0. The Hall–Kier alpha value is -2.75. The Morgan fingerprint density at radius 1 is 1.25 bits per heavy atom. The van der Waals surface area contributed by atoms with E-state index in [9.17, 15) is 4.79 Å². The first kappa shape index (κ1) is 22.4. The van der Waals surface area contributed by atoms with Gasteiger partial charge in [0.2, 0.25) is 5.95 Å². The van der Waals surface area contributed by atoms with Crippen LogP contribution < -0.4 is 15.5 Å². The van der Waals surface area contributed by atoms with E-state index in [4.69, 9.17) is 19.8 Å². The van der Waals surface area contributed by atoms with Gasteiger partial charge < -0.3 is 25.4 Å². The summed E-state index contributed by atoms with van der Waals surface area (Å²) in [6, 6.07) is 8.01. The van der Waals surface area contributed by atoms with Crippen molar-refractivity contribution in [2.24, 2.45) is 0 Å². The molecular weight excluding hydrogens is 408 g/mol. The van der Waals surface area contributed by atoms with Crippen molar-refractivity contribution in [2.45, 2.75) is 45.9 Å². The largest absolute Gasteiger partial charge is 0.395 e. The third-order valence-electron chi connectivity index (χ3n) is 5.96. The van der Waals surface area contributed by atoms with Crippen molar-refractivity contribution in [1.29, 1.82) is 0 Å². The van der Waals surface area contributed by atoms with Crippen LogP contribution in [0.15, 0.2) is 24.3 Å². The summed E-state index contributed by atoms with van der Waals surface area (Å²) in [5.41, 5.74) is 4.88. The highest BCUT2D eigenvalue weighted by molar-refractivity contribution is 5.89. The van der Waals surface area contributed by atoms with Gasteiger partial charge in [0.25, 0.3) is 0 Å². The van der Waals surface area contributed by atoms with E-state index < -0.39 is 0 Å². The van der Waals surface area contributed by atoms with Crippen LogP contribution in [0.5, 0.6) is 0 Å². The van der Waals surface area contributed by atoms with Crippen LogP contribution in [0.4, 0.5) is 16.4 Å². The highest BCUT2D eigenvalue weighted by Crippen LogP contribution is 2.34. The van der Waals surface area contributed by atoms with Crippen LogP contribution in [-0.2, 0) is 17.8 Å². The number of nitrogens with zero attached hydrogens (tertiary/aromatic N) is 4. The average Bonchev–Trinajstić information content (AvgIpc) is 3.23. The smallest absolute Gasteiger partial charge is 0.319 e. The summed E-state index contributed by atoms with van der Waals surface area (Å²) < 4.78 is 5.60. The molecule has 1 atom stereocenters. The number of ether oxygens (including phenoxy) is 1. The van der Waals surface area contributed by atoms with Gasteiger partial charge in [-0.25, -0.2) is 14.8 Å². The monoisotopic (exact) mass is 440 g/mol. The predicted molar refractivity (Wildman–Crippen MR) is 124 cm³/mol. The molecule has 2 aliphatic rings. The van der Waals surface area contributed by atoms with Gasteiger partial charge in [-0.3, -0.25) is 4.90 Å². The second-order valence-electron chi connectivity index (χ2n) is 8.60. The first-order valence-electron chi connectivity index (χ1n) is 11.2. The van der Waals surface area contributed by atoms with Crippen molar-refractivity contribution in [3.05, 3.63) is 35.5 Å². The molecule has 4 rings (SSSR count). The number of anilines is 2. The van der Waals surface area contributed by atoms with Gasteiger partial charge in [-0.2, -0.15) is 0 Å². The number of aliphatic hydroxyl groups is 1. The molecule has 0 saturated carbocycles. The molecule has 0 bridgehead atoms. The van der Waals surface area contributed by atoms with Crippen LogP contribution in [0.2, 0.25) is 0 Å². The minimum absolute atomic E-state index is 0.0946. The lowest BCUT2D eigenvalue weighted by molar-refractivity contribution is 0.0980. The number of nitrogens with one attached hydrogen (secondary N) is 2. The number of urea groups is 1. The van der Waals surface area contributed by atoms with Crippen molar-refractivity contribution in [1.82, 2.24) is 20.2 Å². The minimum atomic E-state index is -0.342. The van der Waals surface area contributed by atoms with Gasteiger partial charge in [-0.15, -0.1) is 0 Å². The number of carbonyl (C=O) groups excluding carboxylic acids is 1. The van der Waals surface area contributed by atoms with Crippen molar-refractivity contribution in [3.63, 3.8) is 0 Å². The molecule has 2 aliphatic heterocycles. The number of rotatable bonds is 6. The van der Waals surface area contributed by atoms with Crippen molar-refractivity contribution in [3.8, 4) is 11.3 Å². The average molecular weight is 441 g/mol. The third-order valence-corrected chi connectivity index (χ3v) is 5.96. The van der Waals surface area contributed by atoms with Crippen LogP contribution in [0, 0.1) is 0 Å². The molecule has 2 aromatic rings. The highest BCUT2D eigenvalue weighted by Gasteiger charge is 2.30. The van der Waals surface area contributed by atoms with Gasteiger partial charge in [-0.1, -0.05) is 12.1 Å². The van der Waals surface area contributed by atoms with E-state index in [2.05, 4.69) is 41.2 Å². The van der Waals surface area contributed by atoms with Gasteiger partial charge in [0.1, 0.15) is 0 Å². The minimum Gasteiger partial charge on any atom is -0.395 e. The Balaban J connectivity index is 1.64. The van der Waals surface area contributed by atoms with E-state index in [1.54, 1.807) is 0 Å². The molecule has 3 heterocycles. The summed E-state index contributed by atoms with van der Waals surface area (Å²) in [6.45, 7) is 10.4. The number of fused-ring (bicyclic) bond motifs is 1. The number of aromatic nitrogens is 2. The number of amides is 2. The number of hydrogen-bond acceptors (Lipinski definition) is 7. The SMILES string of the molecule is CC(C)N1Cc2nc(N3CCOC[C@@H]3C)nc(-c3ccc(NC(=O)NCCO)cc3)c2C1. The second kappa shape index (κ2) is 9.81. The number of hydrogen-bond donors (Lipinski definition) is 3. The zero-order valence-corrected chi connectivity index (χ0v) is 19.0. The first-order valence-corrected chi connectivity index (χ1v) is 11.2. The van der Waals surface area contributed by atoms with Crippen LogP contribution in [0.25, 0.3) is 11.3 Å². The molecule has 0 unspecified atom stereocenters. The van der Waals surface area contributed by atoms with E-state index in [0.29, 0.717) is 24.9 Å². The fourth-order valence-electron chi connectivity index (χ4n) is 4.08. The Kier molecular flexibility index (Phi) is 6.88. The zero-order valence-electron chi connectivity index (χ0n) is 19.0. The topological polar surface area (TPSA) is 103 Å². The maximum atomic E-state index is 11.9. The Morgan fingerprint density at radius 2 is 2.03 bits per heavy atom. The molecular formula is C23H32N6O3. The molecule has 1 aromatic heterocycles. The number of morpholine rings is 1. The van der Waals surface area contributed by atoms with Gasteiger partial charge in [0.15, 0.2) is 0 Å². The van der Waals surface area contributed by atoms with Crippen molar-refractivity contribution in [2.75, 3.05) is 43.1 Å². The van der Waals surface area contributed by atoms with E-state index in [1.165, 1.54) is 5.56 Å². The number of carbonyl (C=O) groups is 1. The maximum Gasteiger partial charge on any atom is 0.319 e. The van der Waals surface area contributed by atoms with Crippen LogP contribution in [0.1, 0.15) is 32.0 Å². The van der Waals surface area contributed by atoms with Crippen LogP contribution in [-0.4, -0.2) is 71.0 Å². The number of aliphatic hydroxyl groups excluding tert-OH is 1. The maximum absolute atomic E-state index is 11.9. The zero-order chi connectivity index (χ0) is 22.7. The normalized spacial score (nSPS) is 18.7. The van der Waals surface area contributed by atoms with Gasteiger partial charge >= 0.3 is 6.03 Å². The predicted octanol–water partition coefficient (Wildman–Crippen LogP) is 2.21. The molecule has 32 heavy (non-hydrogen) atoms. The van der Waals surface area contributed by atoms with Gasteiger partial charge in [0, 0.05) is 49.0 Å². The van der Waals surface area contributed by atoms with Crippen molar-refractivity contribution >= 4 is 17.7 Å². The lowest BCUT2D eigenvalue weighted by atomic mass is 10.1. The molecule has 2 amide bonds. The standard InChI is InChI=1S/C23H32N6O3/c1-15(2)28-12-19-20(13-28)26-22(29-9-11-32-14-16(29)3)27-21(19)17-4-6-18(7-5-17)25-23(31)24-8-10-30/h4-7,15-16,30H,8-14H2,1-3H3,(H2,24,25,31)/t16-/m0/s1. The van der Waals surface area contributed by atoms with E-state index in [1.807, 2.05) is 24.3 Å². The van der Waals surface area contributed by atoms with Crippen LogP contribution in [0.3, 0.4) is 0 Å². The fourth-order valence-corrected chi connectivity index (χ4v) is 4.08. The van der Waals surface area contributed by atoms with Crippen molar-refractivity contribution < 1.29 is 14.6 Å². The summed E-state index contributed by atoms with van der Waals surface area (Å²) in [4.78, 5) is 26.5. The second-order valence-corrected chi connectivity index (χ2v) is 8.60. The molecule has 0 radical (unpaired) electrons. The van der Waals surface area contributed by atoms with Gasteiger partial charge in [0.05, 0.1) is 37.3 Å². The molecule has 0 spiro atoms. The molecule has 9 nitrogen and oxygen atoms in total. The third kappa shape index (κ3) is 4.85. The molecule has 0 aliphatic carbocycles. The molecule has 172 valence electrons. The highest BCUT2D eigenvalue weighted by atomic mass is 16.5. The summed E-state index contributed by atoms with van der Waals surface area (Å²) in [6.07, 6.45) is 0. The fraction of sp³-hybridized carbons (Fsp3) is 0.522.